The number of carbonyl (C=O) groups is 4. The van der Waals surface area contributed by atoms with Crippen molar-refractivity contribution in [1.82, 2.24) is 9.80 Å². The molecule has 1 saturated heterocycles. The van der Waals surface area contributed by atoms with Crippen molar-refractivity contribution in [3.05, 3.63) is 95.6 Å². The molecule has 0 atom stereocenters. The lowest BCUT2D eigenvalue weighted by molar-refractivity contribution is -0.139. The van der Waals surface area contributed by atoms with Gasteiger partial charge < -0.3 is 20.4 Å². The summed E-state index contributed by atoms with van der Waals surface area (Å²) >= 11 is 0. The number of carbonyl (C=O) groups excluding carboxylic acids is 4. The number of rotatable bonds is 10. The third-order valence-corrected chi connectivity index (χ3v) is 9.06. The molecule has 1 aliphatic carbocycles. The van der Waals surface area contributed by atoms with Crippen LogP contribution in [-0.2, 0) is 27.2 Å². The second-order valence-corrected chi connectivity index (χ2v) is 12.4. The van der Waals surface area contributed by atoms with Crippen LogP contribution in [0.25, 0.3) is 0 Å². The van der Waals surface area contributed by atoms with E-state index in [1.54, 1.807) is 36.2 Å². The number of nitrogens with one attached hydrogen (secondary N) is 2. The molecule has 3 aromatic carbocycles. The van der Waals surface area contributed by atoms with Gasteiger partial charge in [-0.1, -0.05) is 61.7 Å². The van der Waals surface area contributed by atoms with E-state index in [2.05, 4.69) is 22.8 Å². The van der Waals surface area contributed by atoms with Crippen molar-refractivity contribution in [2.24, 2.45) is 11.8 Å². The Kier molecular flexibility index (Phi) is 11.0. The molecule has 45 heavy (non-hydrogen) atoms. The first-order valence-electron chi connectivity index (χ1n) is 16.2. The molecule has 3 aromatic rings. The van der Waals surface area contributed by atoms with E-state index in [0.29, 0.717) is 49.4 Å². The Balaban J connectivity index is 1.03. The monoisotopic (exact) mass is 608 g/mol. The van der Waals surface area contributed by atoms with E-state index < -0.39 is 0 Å². The van der Waals surface area contributed by atoms with Crippen LogP contribution in [0.3, 0.4) is 0 Å². The summed E-state index contributed by atoms with van der Waals surface area (Å²) in [7, 11) is 1.79. The van der Waals surface area contributed by atoms with Gasteiger partial charge in [0.1, 0.15) is 0 Å². The molecular formula is C37H44N4O4. The zero-order valence-electron chi connectivity index (χ0n) is 26.2. The number of hydrogen-bond acceptors (Lipinski definition) is 4. The Morgan fingerprint density at radius 1 is 0.711 bits per heavy atom. The molecule has 2 N–H and O–H groups in total. The smallest absolute Gasteiger partial charge is 0.253 e. The number of hydrogen-bond donors (Lipinski definition) is 2. The molecule has 5 rings (SSSR count). The Bertz CT molecular complexity index is 1440. The SMILES string of the molecule is CN(CCc1ccccc1)C(=O)c1ccc(NC(=O)Cc2ccc(NC(=O)C3CCN(C(=O)C4CCCCC4)CC3)cc2)cc1. The molecule has 8 nitrogen and oxygen atoms in total. The number of anilines is 2. The lowest BCUT2D eigenvalue weighted by Gasteiger charge is -2.34. The molecule has 8 heteroatoms. The van der Waals surface area contributed by atoms with Gasteiger partial charge >= 0.3 is 0 Å². The highest BCUT2D eigenvalue weighted by atomic mass is 16.2. The summed E-state index contributed by atoms with van der Waals surface area (Å²) in [5, 5.41) is 5.90. The standard InChI is InChI=1S/C37H44N4O4/c1-40(23-20-27-8-4-2-5-9-27)36(44)31-14-18-32(19-15-31)38-34(42)26-28-12-16-33(17-13-28)39-35(43)29-21-24-41(25-22-29)37(45)30-10-6-3-7-11-30/h2,4-5,8-9,12-19,29-30H,3,6-7,10-11,20-26H2,1H3,(H,38,42)(H,39,43). The van der Waals surface area contributed by atoms with E-state index in [4.69, 9.17) is 0 Å². The summed E-state index contributed by atoms with van der Waals surface area (Å²) in [6.07, 6.45) is 7.85. The van der Waals surface area contributed by atoms with Gasteiger partial charge in [-0.15, -0.1) is 0 Å². The van der Waals surface area contributed by atoms with E-state index in [-0.39, 0.29) is 41.9 Å². The topological polar surface area (TPSA) is 98.8 Å². The van der Waals surface area contributed by atoms with Crippen LogP contribution >= 0.6 is 0 Å². The van der Waals surface area contributed by atoms with Crippen molar-refractivity contribution in [1.29, 1.82) is 0 Å². The summed E-state index contributed by atoms with van der Waals surface area (Å²) < 4.78 is 0. The number of benzene rings is 3. The number of piperidine rings is 1. The maximum atomic E-state index is 12.9. The third kappa shape index (κ3) is 9.03. The van der Waals surface area contributed by atoms with Crippen molar-refractivity contribution in [2.45, 2.75) is 57.8 Å². The van der Waals surface area contributed by atoms with Crippen LogP contribution in [0.15, 0.2) is 78.9 Å². The lowest BCUT2D eigenvalue weighted by Crippen LogP contribution is -2.44. The average molecular weight is 609 g/mol. The summed E-state index contributed by atoms with van der Waals surface area (Å²) in [5.74, 6) is 0.0884. The second-order valence-electron chi connectivity index (χ2n) is 12.4. The number of amides is 4. The van der Waals surface area contributed by atoms with Crippen molar-refractivity contribution in [2.75, 3.05) is 37.3 Å². The van der Waals surface area contributed by atoms with Crippen molar-refractivity contribution in [3.63, 3.8) is 0 Å². The van der Waals surface area contributed by atoms with Crippen molar-refractivity contribution < 1.29 is 19.2 Å². The summed E-state index contributed by atoms with van der Waals surface area (Å²) in [5.41, 5.74) is 3.90. The molecule has 0 spiro atoms. The van der Waals surface area contributed by atoms with Crippen LogP contribution in [0.2, 0.25) is 0 Å². The first-order chi connectivity index (χ1) is 21.9. The van der Waals surface area contributed by atoms with Crippen LogP contribution in [-0.4, -0.2) is 60.1 Å². The van der Waals surface area contributed by atoms with Gasteiger partial charge in [-0.2, -0.15) is 0 Å². The molecule has 2 aliphatic rings. The first-order valence-corrected chi connectivity index (χ1v) is 16.2. The highest BCUT2D eigenvalue weighted by Gasteiger charge is 2.31. The van der Waals surface area contributed by atoms with E-state index in [1.165, 1.54) is 12.0 Å². The lowest BCUT2D eigenvalue weighted by atomic mass is 9.87. The van der Waals surface area contributed by atoms with Crippen LogP contribution in [0.1, 0.15) is 66.4 Å². The summed E-state index contributed by atoms with van der Waals surface area (Å²) in [6.45, 7) is 1.91. The molecule has 0 bridgehead atoms. The summed E-state index contributed by atoms with van der Waals surface area (Å²) in [4.78, 5) is 54.9. The number of likely N-dealkylation sites (N-methyl/N-ethyl adjacent to an activating group) is 1. The Morgan fingerprint density at radius 2 is 1.33 bits per heavy atom. The van der Waals surface area contributed by atoms with Crippen LogP contribution in [0.4, 0.5) is 11.4 Å². The van der Waals surface area contributed by atoms with Crippen LogP contribution in [0.5, 0.6) is 0 Å². The van der Waals surface area contributed by atoms with Gasteiger partial charge in [-0.25, -0.2) is 0 Å². The van der Waals surface area contributed by atoms with Crippen LogP contribution in [0, 0.1) is 11.8 Å². The molecule has 1 saturated carbocycles. The Labute approximate surface area is 266 Å². The predicted octanol–water partition coefficient (Wildman–Crippen LogP) is 5.94. The van der Waals surface area contributed by atoms with Gasteiger partial charge in [-0.3, -0.25) is 19.2 Å². The minimum absolute atomic E-state index is 0.0189. The van der Waals surface area contributed by atoms with E-state index in [9.17, 15) is 19.2 Å². The maximum absolute atomic E-state index is 12.9. The fraction of sp³-hybridized carbons (Fsp3) is 0.405. The van der Waals surface area contributed by atoms with Gasteiger partial charge in [0, 0.05) is 55.5 Å². The molecule has 4 amide bonds. The molecule has 236 valence electrons. The van der Waals surface area contributed by atoms with Crippen LogP contribution < -0.4 is 10.6 Å². The fourth-order valence-electron chi connectivity index (χ4n) is 6.27. The molecule has 0 radical (unpaired) electrons. The van der Waals surface area contributed by atoms with Gasteiger partial charge in [0.05, 0.1) is 6.42 Å². The second kappa shape index (κ2) is 15.5. The molecule has 1 heterocycles. The average Bonchev–Trinajstić information content (AvgIpc) is 3.08. The molecular weight excluding hydrogens is 564 g/mol. The summed E-state index contributed by atoms with van der Waals surface area (Å²) in [6, 6.07) is 24.3. The fourth-order valence-corrected chi connectivity index (χ4v) is 6.27. The first kappa shape index (κ1) is 31.9. The number of nitrogens with zero attached hydrogens (tertiary/aromatic N) is 2. The molecule has 1 aliphatic heterocycles. The van der Waals surface area contributed by atoms with Gasteiger partial charge in [0.15, 0.2) is 0 Å². The number of likely N-dealkylation sites (tertiary alicyclic amines) is 1. The molecule has 2 fully saturated rings. The van der Waals surface area contributed by atoms with Crippen molar-refractivity contribution in [3.8, 4) is 0 Å². The van der Waals surface area contributed by atoms with E-state index >= 15 is 0 Å². The van der Waals surface area contributed by atoms with E-state index in [0.717, 1.165) is 37.7 Å². The minimum atomic E-state index is -0.166. The molecule has 0 unspecified atom stereocenters. The largest absolute Gasteiger partial charge is 0.342 e. The van der Waals surface area contributed by atoms with Gasteiger partial charge in [-0.05, 0) is 79.6 Å². The van der Waals surface area contributed by atoms with Gasteiger partial charge in [0.2, 0.25) is 17.7 Å². The van der Waals surface area contributed by atoms with E-state index in [1.807, 2.05) is 47.4 Å². The molecule has 0 aromatic heterocycles. The van der Waals surface area contributed by atoms with Crippen molar-refractivity contribution >= 4 is 35.0 Å². The maximum Gasteiger partial charge on any atom is 0.253 e. The predicted molar refractivity (Wildman–Crippen MR) is 177 cm³/mol. The minimum Gasteiger partial charge on any atom is -0.342 e. The third-order valence-electron chi connectivity index (χ3n) is 9.06. The van der Waals surface area contributed by atoms with Gasteiger partial charge in [0.25, 0.3) is 5.91 Å². The Morgan fingerprint density at radius 3 is 2.00 bits per heavy atom. The quantitative estimate of drug-likeness (QED) is 0.298. The zero-order valence-corrected chi connectivity index (χ0v) is 26.2. The Hall–Kier alpha value is -4.46. The highest BCUT2D eigenvalue weighted by Crippen LogP contribution is 2.28. The highest BCUT2D eigenvalue weighted by molar-refractivity contribution is 5.96. The normalized spacial score (nSPS) is 15.7. The zero-order chi connectivity index (χ0) is 31.6.